The zero-order valence-electron chi connectivity index (χ0n) is 11.5. The standard InChI is InChI=1S/C14H22N2O2/c1-10(15)11-6-5-7-12(8-11)16-13(17)9-14(2,3)18-4/h5-8,10H,9,15H2,1-4H3,(H,16,17). The molecule has 0 heterocycles. The summed E-state index contributed by atoms with van der Waals surface area (Å²) in [6.07, 6.45) is 0.311. The molecule has 4 nitrogen and oxygen atoms in total. The molecular weight excluding hydrogens is 228 g/mol. The minimum Gasteiger partial charge on any atom is -0.378 e. The maximum absolute atomic E-state index is 11.8. The summed E-state index contributed by atoms with van der Waals surface area (Å²) >= 11 is 0. The van der Waals surface area contributed by atoms with Gasteiger partial charge in [0.15, 0.2) is 0 Å². The SMILES string of the molecule is COC(C)(C)CC(=O)Nc1cccc(C(C)N)c1. The molecule has 0 aromatic heterocycles. The predicted octanol–water partition coefficient (Wildman–Crippen LogP) is 2.46. The van der Waals surface area contributed by atoms with Crippen LogP contribution in [0.4, 0.5) is 5.69 Å². The van der Waals surface area contributed by atoms with E-state index in [1.165, 1.54) is 0 Å². The first-order valence-electron chi connectivity index (χ1n) is 6.04. The van der Waals surface area contributed by atoms with Crippen molar-refractivity contribution >= 4 is 11.6 Å². The molecule has 1 amide bonds. The molecule has 1 rings (SSSR count). The molecule has 0 aliphatic heterocycles. The first-order chi connectivity index (χ1) is 8.34. The highest BCUT2D eigenvalue weighted by Crippen LogP contribution is 2.18. The molecule has 0 aliphatic carbocycles. The Labute approximate surface area is 109 Å². The Morgan fingerprint density at radius 1 is 1.50 bits per heavy atom. The molecule has 4 heteroatoms. The second kappa shape index (κ2) is 5.98. The summed E-state index contributed by atoms with van der Waals surface area (Å²) in [7, 11) is 1.60. The van der Waals surface area contributed by atoms with Crippen molar-refractivity contribution in [3.63, 3.8) is 0 Å². The molecule has 1 aromatic rings. The van der Waals surface area contributed by atoms with Crippen LogP contribution in [0.1, 0.15) is 38.8 Å². The summed E-state index contributed by atoms with van der Waals surface area (Å²) in [5.41, 5.74) is 7.11. The smallest absolute Gasteiger partial charge is 0.227 e. The summed E-state index contributed by atoms with van der Waals surface area (Å²) in [6, 6.07) is 7.53. The molecule has 1 unspecified atom stereocenters. The molecule has 0 radical (unpaired) electrons. The van der Waals surface area contributed by atoms with E-state index < -0.39 is 5.60 Å². The van der Waals surface area contributed by atoms with Crippen molar-refractivity contribution < 1.29 is 9.53 Å². The highest BCUT2D eigenvalue weighted by Gasteiger charge is 2.21. The van der Waals surface area contributed by atoms with Gasteiger partial charge in [0.1, 0.15) is 0 Å². The Balaban J connectivity index is 2.68. The highest BCUT2D eigenvalue weighted by molar-refractivity contribution is 5.91. The number of nitrogens with one attached hydrogen (secondary N) is 1. The third-order valence-corrected chi connectivity index (χ3v) is 2.84. The highest BCUT2D eigenvalue weighted by atomic mass is 16.5. The average Bonchev–Trinajstić information content (AvgIpc) is 2.28. The quantitative estimate of drug-likeness (QED) is 0.843. The maximum Gasteiger partial charge on any atom is 0.227 e. The number of carbonyl (C=O) groups is 1. The normalized spacial score (nSPS) is 13.2. The summed E-state index contributed by atoms with van der Waals surface area (Å²) in [5, 5.41) is 2.85. The van der Waals surface area contributed by atoms with Crippen molar-refractivity contribution in [2.24, 2.45) is 5.73 Å². The van der Waals surface area contributed by atoms with Crippen LogP contribution in [0.3, 0.4) is 0 Å². The first-order valence-corrected chi connectivity index (χ1v) is 6.04. The summed E-state index contributed by atoms with van der Waals surface area (Å²) in [4.78, 5) is 11.8. The van der Waals surface area contributed by atoms with Crippen LogP contribution in [0.5, 0.6) is 0 Å². The van der Waals surface area contributed by atoms with E-state index in [-0.39, 0.29) is 11.9 Å². The van der Waals surface area contributed by atoms with Gasteiger partial charge in [-0.25, -0.2) is 0 Å². The molecule has 1 aromatic carbocycles. The van der Waals surface area contributed by atoms with Gasteiger partial charge in [0.2, 0.25) is 5.91 Å². The number of hydrogen-bond donors (Lipinski definition) is 2. The summed E-state index contributed by atoms with van der Waals surface area (Å²) < 4.78 is 5.23. The number of anilines is 1. The number of rotatable bonds is 5. The fraction of sp³-hybridized carbons (Fsp3) is 0.500. The summed E-state index contributed by atoms with van der Waals surface area (Å²) in [6.45, 7) is 5.67. The van der Waals surface area contributed by atoms with Gasteiger partial charge in [-0.2, -0.15) is 0 Å². The minimum absolute atomic E-state index is 0.0442. The first kappa shape index (κ1) is 14.7. The molecule has 100 valence electrons. The van der Waals surface area contributed by atoms with Crippen molar-refractivity contribution in [1.29, 1.82) is 0 Å². The monoisotopic (exact) mass is 250 g/mol. The Morgan fingerprint density at radius 2 is 2.17 bits per heavy atom. The van der Waals surface area contributed by atoms with Gasteiger partial charge in [-0.15, -0.1) is 0 Å². The second-order valence-corrected chi connectivity index (χ2v) is 5.10. The molecule has 0 saturated heterocycles. The number of amides is 1. The fourth-order valence-electron chi connectivity index (χ4n) is 1.56. The van der Waals surface area contributed by atoms with Crippen molar-refractivity contribution in [3.8, 4) is 0 Å². The lowest BCUT2D eigenvalue weighted by molar-refractivity contribution is -0.121. The summed E-state index contributed by atoms with van der Waals surface area (Å²) in [5.74, 6) is -0.0660. The van der Waals surface area contributed by atoms with Crippen molar-refractivity contribution in [2.75, 3.05) is 12.4 Å². The molecule has 3 N–H and O–H groups in total. The fourth-order valence-corrected chi connectivity index (χ4v) is 1.56. The third kappa shape index (κ3) is 4.47. The van der Waals surface area contributed by atoms with Gasteiger partial charge in [0.25, 0.3) is 0 Å². The second-order valence-electron chi connectivity index (χ2n) is 5.10. The van der Waals surface area contributed by atoms with Crippen molar-refractivity contribution in [3.05, 3.63) is 29.8 Å². The van der Waals surface area contributed by atoms with E-state index in [0.29, 0.717) is 6.42 Å². The Bertz CT molecular complexity index is 414. The number of benzene rings is 1. The van der Waals surface area contributed by atoms with Crippen LogP contribution < -0.4 is 11.1 Å². The predicted molar refractivity (Wildman–Crippen MR) is 73.4 cm³/mol. The topological polar surface area (TPSA) is 64.3 Å². The van der Waals surface area contributed by atoms with Crippen LogP contribution in [0.25, 0.3) is 0 Å². The largest absolute Gasteiger partial charge is 0.378 e. The molecule has 18 heavy (non-hydrogen) atoms. The average molecular weight is 250 g/mol. The van der Waals surface area contributed by atoms with E-state index in [4.69, 9.17) is 10.5 Å². The Kier molecular flexibility index (Phi) is 4.87. The van der Waals surface area contributed by atoms with Gasteiger partial charge < -0.3 is 15.8 Å². The van der Waals surface area contributed by atoms with E-state index in [2.05, 4.69) is 5.32 Å². The Hall–Kier alpha value is -1.39. The van der Waals surface area contributed by atoms with Gasteiger partial charge in [-0.1, -0.05) is 12.1 Å². The Morgan fingerprint density at radius 3 is 2.72 bits per heavy atom. The molecule has 1 atom stereocenters. The molecule has 0 saturated carbocycles. The molecule has 0 spiro atoms. The zero-order valence-corrected chi connectivity index (χ0v) is 11.5. The molecule has 0 aliphatic rings. The van der Waals surface area contributed by atoms with E-state index in [0.717, 1.165) is 11.3 Å². The lowest BCUT2D eigenvalue weighted by atomic mass is 10.0. The maximum atomic E-state index is 11.8. The lowest BCUT2D eigenvalue weighted by Crippen LogP contribution is -2.29. The number of nitrogens with two attached hydrogens (primary N) is 1. The van der Waals surface area contributed by atoms with Gasteiger partial charge >= 0.3 is 0 Å². The van der Waals surface area contributed by atoms with Gasteiger partial charge in [-0.05, 0) is 38.5 Å². The van der Waals surface area contributed by atoms with Crippen molar-refractivity contribution in [2.45, 2.75) is 38.8 Å². The van der Waals surface area contributed by atoms with Crippen LogP contribution in [0.2, 0.25) is 0 Å². The number of methoxy groups -OCH3 is 1. The molecule has 0 bridgehead atoms. The lowest BCUT2D eigenvalue weighted by Gasteiger charge is -2.22. The molecular formula is C14H22N2O2. The number of ether oxygens (including phenoxy) is 1. The van der Waals surface area contributed by atoms with E-state index >= 15 is 0 Å². The van der Waals surface area contributed by atoms with Crippen LogP contribution >= 0.6 is 0 Å². The van der Waals surface area contributed by atoms with Crippen molar-refractivity contribution in [1.82, 2.24) is 0 Å². The van der Waals surface area contributed by atoms with E-state index in [1.54, 1.807) is 7.11 Å². The van der Waals surface area contributed by atoms with E-state index in [1.807, 2.05) is 45.0 Å². The van der Waals surface area contributed by atoms with E-state index in [9.17, 15) is 4.79 Å². The number of hydrogen-bond acceptors (Lipinski definition) is 3. The van der Waals surface area contributed by atoms with Gasteiger partial charge in [-0.3, -0.25) is 4.79 Å². The van der Waals surface area contributed by atoms with Crippen LogP contribution in [-0.4, -0.2) is 18.6 Å². The van der Waals surface area contributed by atoms with Crippen LogP contribution in [-0.2, 0) is 9.53 Å². The number of carbonyl (C=O) groups excluding carboxylic acids is 1. The third-order valence-electron chi connectivity index (χ3n) is 2.84. The minimum atomic E-state index is -0.456. The zero-order chi connectivity index (χ0) is 13.8. The van der Waals surface area contributed by atoms with Crippen LogP contribution in [0.15, 0.2) is 24.3 Å². The molecule has 0 fully saturated rings. The van der Waals surface area contributed by atoms with Gasteiger partial charge in [0, 0.05) is 18.8 Å². The van der Waals surface area contributed by atoms with Crippen LogP contribution in [0, 0.1) is 0 Å². The van der Waals surface area contributed by atoms with Gasteiger partial charge in [0.05, 0.1) is 12.0 Å².